The summed E-state index contributed by atoms with van der Waals surface area (Å²) in [7, 11) is 0. The van der Waals surface area contributed by atoms with Crippen molar-refractivity contribution in [2.24, 2.45) is 5.92 Å². The molecule has 0 aliphatic carbocycles. The second-order valence-electron chi connectivity index (χ2n) is 7.66. The van der Waals surface area contributed by atoms with Crippen molar-refractivity contribution in [1.29, 1.82) is 0 Å². The van der Waals surface area contributed by atoms with E-state index in [0.717, 1.165) is 5.56 Å². The molecule has 0 saturated heterocycles. The smallest absolute Gasteiger partial charge is 0.408 e. The number of aliphatic carboxylic acids is 1. The summed E-state index contributed by atoms with van der Waals surface area (Å²) in [5, 5.41) is 23.9. The first-order chi connectivity index (χ1) is 14.7. The minimum atomic E-state index is -1.20. The molecule has 0 spiro atoms. The molecule has 31 heavy (non-hydrogen) atoms. The van der Waals surface area contributed by atoms with Gasteiger partial charge in [0, 0.05) is 6.42 Å². The van der Waals surface area contributed by atoms with Crippen LogP contribution in [0.2, 0.25) is 0 Å². The second kappa shape index (κ2) is 11.6. The molecule has 2 atom stereocenters. The fourth-order valence-corrected chi connectivity index (χ4v) is 2.95. The Morgan fingerprint density at radius 1 is 0.903 bits per heavy atom. The van der Waals surface area contributed by atoms with Crippen LogP contribution in [0, 0.1) is 5.92 Å². The predicted octanol–water partition coefficient (Wildman–Crippen LogP) is 2.85. The molecule has 0 aliphatic rings. The molecule has 0 heterocycles. The quantitative estimate of drug-likeness (QED) is 0.461. The number of aromatic hydroxyl groups is 1. The summed E-state index contributed by atoms with van der Waals surface area (Å²) in [6.07, 6.45) is -0.401. The normalized spacial score (nSPS) is 12.6. The summed E-state index contributed by atoms with van der Waals surface area (Å²) in [5.41, 5.74) is 1.45. The molecule has 0 bridgehead atoms. The van der Waals surface area contributed by atoms with E-state index >= 15 is 0 Å². The van der Waals surface area contributed by atoms with Gasteiger partial charge in [-0.3, -0.25) is 4.79 Å². The summed E-state index contributed by atoms with van der Waals surface area (Å²) in [6, 6.07) is 13.1. The van der Waals surface area contributed by atoms with Gasteiger partial charge in [-0.15, -0.1) is 0 Å². The molecule has 0 fully saturated rings. The largest absolute Gasteiger partial charge is 0.508 e. The molecular formula is C23H28N2O6. The summed E-state index contributed by atoms with van der Waals surface area (Å²) >= 11 is 0. The Morgan fingerprint density at radius 2 is 1.55 bits per heavy atom. The highest BCUT2D eigenvalue weighted by atomic mass is 16.5. The average Bonchev–Trinajstić information content (AvgIpc) is 2.73. The highest BCUT2D eigenvalue weighted by molar-refractivity contribution is 5.89. The van der Waals surface area contributed by atoms with Crippen molar-refractivity contribution in [3.63, 3.8) is 0 Å². The lowest BCUT2D eigenvalue weighted by molar-refractivity contribution is -0.142. The first-order valence-corrected chi connectivity index (χ1v) is 10.0. The number of hydrogen-bond acceptors (Lipinski definition) is 5. The predicted molar refractivity (Wildman–Crippen MR) is 114 cm³/mol. The van der Waals surface area contributed by atoms with Crippen molar-refractivity contribution in [1.82, 2.24) is 10.6 Å². The number of carbonyl (C=O) groups is 3. The van der Waals surface area contributed by atoms with Crippen molar-refractivity contribution < 1.29 is 29.3 Å². The van der Waals surface area contributed by atoms with Crippen LogP contribution in [-0.4, -0.2) is 40.3 Å². The van der Waals surface area contributed by atoms with E-state index in [1.807, 2.05) is 44.2 Å². The Hall–Kier alpha value is -3.55. The van der Waals surface area contributed by atoms with Crippen molar-refractivity contribution in [2.75, 3.05) is 0 Å². The Balaban J connectivity index is 1.99. The third kappa shape index (κ3) is 8.38. The maximum atomic E-state index is 12.8. The van der Waals surface area contributed by atoms with Gasteiger partial charge < -0.3 is 25.6 Å². The first kappa shape index (κ1) is 23.7. The molecule has 4 N–H and O–H groups in total. The van der Waals surface area contributed by atoms with Crippen LogP contribution in [-0.2, 0) is 27.4 Å². The van der Waals surface area contributed by atoms with Crippen molar-refractivity contribution in [3.05, 3.63) is 65.7 Å². The highest BCUT2D eigenvalue weighted by Gasteiger charge is 2.27. The monoisotopic (exact) mass is 428 g/mol. The van der Waals surface area contributed by atoms with E-state index in [1.54, 1.807) is 12.1 Å². The number of alkyl carbamates (subject to hydrolysis) is 1. The number of carboxylic acids is 1. The molecule has 1 unspecified atom stereocenters. The number of phenols is 1. The van der Waals surface area contributed by atoms with E-state index in [-0.39, 0.29) is 24.7 Å². The van der Waals surface area contributed by atoms with Crippen LogP contribution >= 0.6 is 0 Å². The van der Waals surface area contributed by atoms with Gasteiger partial charge in [-0.25, -0.2) is 9.59 Å². The van der Waals surface area contributed by atoms with Crippen LogP contribution in [0.25, 0.3) is 0 Å². The fourth-order valence-electron chi connectivity index (χ4n) is 2.95. The highest BCUT2D eigenvalue weighted by Crippen LogP contribution is 2.12. The number of phenolic OH excluding ortho intramolecular Hbond substituents is 1. The molecule has 8 heteroatoms. The average molecular weight is 428 g/mol. The summed E-state index contributed by atoms with van der Waals surface area (Å²) in [5.74, 6) is -1.66. The molecule has 2 amide bonds. The van der Waals surface area contributed by atoms with Crippen LogP contribution in [0.15, 0.2) is 54.6 Å². The Labute approximate surface area is 181 Å². The van der Waals surface area contributed by atoms with Crippen LogP contribution in [0.5, 0.6) is 5.75 Å². The Morgan fingerprint density at radius 3 is 2.13 bits per heavy atom. The zero-order valence-electron chi connectivity index (χ0n) is 17.6. The topological polar surface area (TPSA) is 125 Å². The van der Waals surface area contributed by atoms with Crippen molar-refractivity contribution in [2.45, 2.75) is 45.4 Å². The third-order valence-corrected chi connectivity index (χ3v) is 4.52. The number of hydrogen-bond donors (Lipinski definition) is 4. The van der Waals surface area contributed by atoms with E-state index in [2.05, 4.69) is 10.6 Å². The van der Waals surface area contributed by atoms with Gasteiger partial charge in [-0.05, 0) is 35.6 Å². The maximum absolute atomic E-state index is 12.8. The van der Waals surface area contributed by atoms with Crippen molar-refractivity contribution in [3.8, 4) is 5.75 Å². The van der Waals surface area contributed by atoms with Gasteiger partial charge in [-0.2, -0.15) is 0 Å². The number of rotatable bonds is 10. The summed E-state index contributed by atoms with van der Waals surface area (Å²) in [6.45, 7) is 3.84. The maximum Gasteiger partial charge on any atom is 0.408 e. The number of amides is 2. The lowest BCUT2D eigenvalue weighted by Gasteiger charge is -2.22. The van der Waals surface area contributed by atoms with Crippen LogP contribution in [0.3, 0.4) is 0 Å². The molecule has 0 aromatic heterocycles. The number of nitrogens with one attached hydrogen (secondary N) is 2. The Kier molecular flexibility index (Phi) is 8.87. The molecule has 8 nitrogen and oxygen atoms in total. The van der Waals surface area contributed by atoms with Crippen LogP contribution < -0.4 is 10.6 Å². The summed E-state index contributed by atoms with van der Waals surface area (Å²) < 4.78 is 5.18. The number of carbonyl (C=O) groups excluding carboxylic acids is 2. The molecule has 2 aromatic rings. The van der Waals surface area contributed by atoms with Crippen molar-refractivity contribution >= 4 is 18.0 Å². The number of ether oxygens (including phenoxy) is 1. The van der Waals surface area contributed by atoms with Gasteiger partial charge >= 0.3 is 12.1 Å². The van der Waals surface area contributed by atoms with Gasteiger partial charge in [-0.1, -0.05) is 56.3 Å². The zero-order valence-corrected chi connectivity index (χ0v) is 17.6. The van der Waals surface area contributed by atoms with E-state index < -0.39 is 30.1 Å². The minimum absolute atomic E-state index is 0.0359. The van der Waals surface area contributed by atoms with Crippen LogP contribution in [0.1, 0.15) is 31.4 Å². The van der Waals surface area contributed by atoms with E-state index in [4.69, 9.17) is 4.74 Å². The Bertz CT molecular complexity index is 867. The minimum Gasteiger partial charge on any atom is -0.508 e. The van der Waals surface area contributed by atoms with E-state index in [0.29, 0.717) is 12.0 Å². The zero-order chi connectivity index (χ0) is 22.8. The lowest BCUT2D eigenvalue weighted by atomic mass is 10.0. The molecule has 2 aromatic carbocycles. The van der Waals surface area contributed by atoms with Gasteiger partial charge in [0.2, 0.25) is 5.91 Å². The fraction of sp³-hybridized carbons (Fsp3) is 0.348. The van der Waals surface area contributed by atoms with Gasteiger partial charge in [0.05, 0.1) is 0 Å². The van der Waals surface area contributed by atoms with E-state index in [9.17, 15) is 24.6 Å². The number of benzene rings is 2. The lowest BCUT2D eigenvalue weighted by Crippen LogP contribution is -2.52. The van der Waals surface area contributed by atoms with E-state index in [1.165, 1.54) is 12.1 Å². The third-order valence-electron chi connectivity index (χ3n) is 4.52. The summed E-state index contributed by atoms with van der Waals surface area (Å²) in [4.78, 5) is 36.6. The molecule has 0 radical (unpaired) electrons. The van der Waals surface area contributed by atoms with Gasteiger partial charge in [0.15, 0.2) is 0 Å². The first-order valence-electron chi connectivity index (χ1n) is 10.0. The molecule has 166 valence electrons. The number of carboxylic acid groups (broad SMARTS) is 1. The molecular weight excluding hydrogens is 400 g/mol. The van der Waals surface area contributed by atoms with Crippen LogP contribution in [0.4, 0.5) is 4.79 Å². The SMILES string of the molecule is CC(C)CC(NC(=O)OCc1ccccc1)C(=O)N[C@@H](Cc1ccc(O)cc1)C(=O)O. The standard InChI is InChI=1S/C23H28N2O6/c1-15(2)12-19(25-23(30)31-14-17-6-4-3-5-7-17)21(27)24-20(22(28)29)13-16-8-10-18(26)11-9-16/h3-11,15,19-20,26H,12-14H2,1-2H3,(H,24,27)(H,25,30)(H,28,29)/t19?,20-/m0/s1. The molecule has 0 aliphatic heterocycles. The van der Waals surface area contributed by atoms with Gasteiger partial charge in [0.1, 0.15) is 24.4 Å². The molecule has 2 rings (SSSR count). The second-order valence-corrected chi connectivity index (χ2v) is 7.66. The molecule has 0 saturated carbocycles. The van der Waals surface area contributed by atoms with Gasteiger partial charge in [0.25, 0.3) is 0 Å².